The predicted molar refractivity (Wildman–Crippen MR) is 108 cm³/mol. The highest BCUT2D eigenvalue weighted by Gasteiger charge is 2.29. The average molecular weight is 380 g/mol. The predicted octanol–water partition coefficient (Wildman–Crippen LogP) is 2.55. The van der Waals surface area contributed by atoms with E-state index in [1.165, 1.54) is 11.1 Å². The van der Waals surface area contributed by atoms with Gasteiger partial charge in [0.05, 0.1) is 6.04 Å². The Balaban J connectivity index is 1.49. The quantitative estimate of drug-likeness (QED) is 0.879. The molecule has 7 nitrogen and oxygen atoms in total. The van der Waals surface area contributed by atoms with E-state index in [-0.39, 0.29) is 11.9 Å². The first kappa shape index (κ1) is 18.8. The van der Waals surface area contributed by atoms with Crippen molar-refractivity contribution in [2.24, 2.45) is 0 Å². The minimum Gasteiger partial charge on any atom is -0.373 e. The van der Waals surface area contributed by atoms with Gasteiger partial charge in [0.25, 0.3) is 0 Å². The van der Waals surface area contributed by atoms with Crippen molar-refractivity contribution < 1.29 is 4.79 Å². The highest BCUT2D eigenvalue weighted by Crippen LogP contribution is 2.30. The molecule has 1 amide bonds. The first-order valence-electron chi connectivity index (χ1n) is 10.1. The smallest absolute Gasteiger partial charge is 0.220 e. The lowest BCUT2D eigenvalue weighted by atomic mass is 10.0. The van der Waals surface area contributed by atoms with Crippen molar-refractivity contribution in [2.45, 2.75) is 51.7 Å². The average Bonchev–Trinajstić information content (AvgIpc) is 2.73. The number of piperidine rings is 1. The molecule has 1 N–H and O–H groups in total. The van der Waals surface area contributed by atoms with Gasteiger partial charge in [0.2, 0.25) is 5.91 Å². The summed E-state index contributed by atoms with van der Waals surface area (Å²) in [6, 6.07) is 4.13. The highest BCUT2D eigenvalue weighted by molar-refractivity contribution is 5.73. The molecule has 4 heterocycles. The third-order valence-electron chi connectivity index (χ3n) is 5.76. The molecule has 0 bridgehead atoms. The van der Waals surface area contributed by atoms with Crippen LogP contribution in [0.3, 0.4) is 0 Å². The SMILES string of the molecule is CNc1ncccc1CN1CCc2nc(C3CCCCN3C(C)=O)ncc2C1. The summed E-state index contributed by atoms with van der Waals surface area (Å²) in [5, 5.41) is 3.17. The van der Waals surface area contributed by atoms with Gasteiger partial charge < -0.3 is 10.2 Å². The number of hydrogen-bond donors (Lipinski definition) is 1. The molecule has 0 saturated carbocycles. The molecule has 148 valence electrons. The van der Waals surface area contributed by atoms with Crippen LogP contribution in [-0.4, -0.2) is 50.8 Å². The van der Waals surface area contributed by atoms with Crippen molar-refractivity contribution in [3.8, 4) is 0 Å². The lowest BCUT2D eigenvalue weighted by Crippen LogP contribution is -2.38. The molecular weight excluding hydrogens is 352 g/mol. The lowest BCUT2D eigenvalue weighted by Gasteiger charge is -2.35. The van der Waals surface area contributed by atoms with Crippen LogP contribution in [-0.2, 0) is 24.3 Å². The van der Waals surface area contributed by atoms with Gasteiger partial charge >= 0.3 is 0 Å². The summed E-state index contributed by atoms with van der Waals surface area (Å²) >= 11 is 0. The van der Waals surface area contributed by atoms with E-state index >= 15 is 0 Å². The molecule has 0 radical (unpaired) electrons. The third kappa shape index (κ3) is 3.85. The molecule has 2 aliphatic rings. The zero-order valence-electron chi connectivity index (χ0n) is 16.7. The van der Waals surface area contributed by atoms with Gasteiger partial charge in [-0.2, -0.15) is 0 Å². The Bertz CT molecular complexity index is 855. The number of nitrogens with zero attached hydrogens (tertiary/aromatic N) is 5. The van der Waals surface area contributed by atoms with E-state index in [1.54, 1.807) is 6.92 Å². The molecule has 2 aromatic heterocycles. The topological polar surface area (TPSA) is 74.2 Å². The first-order chi connectivity index (χ1) is 13.7. The monoisotopic (exact) mass is 380 g/mol. The molecule has 1 unspecified atom stereocenters. The normalized spacial score (nSPS) is 19.9. The first-order valence-corrected chi connectivity index (χ1v) is 10.1. The van der Waals surface area contributed by atoms with E-state index in [1.807, 2.05) is 30.4 Å². The fraction of sp³-hybridized carbons (Fsp3) is 0.524. The molecule has 4 rings (SSSR count). The van der Waals surface area contributed by atoms with Gasteiger partial charge in [0.1, 0.15) is 5.82 Å². The second-order valence-electron chi connectivity index (χ2n) is 7.65. The number of amides is 1. The van der Waals surface area contributed by atoms with Crippen LogP contribution in [0.15, 0.2) is 24.5 Å². The maximum atomic E-state index is 12.0. The fourth-order valence-corrected chi connectivity index (χ4v) is 4.29. The molecule has 7 heteroatoms. The van der Waals surface area contributed by atoms with Gasteiger partial charge in [-0.15, -0.1) is 0 Å². The maximum absolute atomic E-state index is 12.0. The van der Waals surface area contributed by atoms with Crippen molar-refractivity contribution in [1.82, 2.24) is 24.8 Å². The minimum absolute atomic E-state index is 0.0307. The largest absolute Gasteiger partial charge is 0.373 e. The number of rotatable bonds is 4. The van der Waals surface area contributed by atoms with Crippen molar-refractivity contribution in [2.75, 3.05) is 25.5 Å². The molecule has 2 aromatic rings. The van der Waals surface area contributed by atoms with Crippen LogP contribution in [0.1, 0.15) is 54.9 Å². The summed E-state index contributed by atoms with van der Waals surface area (Å²) in [5.41, 5.74) is 3.52. The number of fused-ring (bicyclic) bond motifs is 1. The molecule has 0 aromatic carbocycles. The summed E-state index contributed by atoms with van der Waals surface area (Å²) in [6.07, 6.45) is 7.84. The molecule has 1 atom stereocenters. The second-order valence-corrected chi connectivity index (χ2v) is 7.65. The number of likely N-dealkylation sites (tertiary alicyclic amines) is 1. The van der Waals surface area contributed by atoms with Crippen molar-refractivity contribution in [3.63, 3.8) is 0 Å². The zero-order chi connectivity index (χ0) is 19.5. The van der Waals surface area contributed by atoms with Crippen LogP contribution in [0.2, 0.25) is 0 Å². The van der Waals surface area contributed by atoms with E-state index in [0.29, 0.717) is 0 Å². The van der Waals surface area contributed by atoms with Crippen LogP contribution in [0.25, 0.3) is 0 Å². The van der Waals surface area contributed by atoms with Gasteiger partial charge in [0.15, 0.2) is 5.82 Å². The van der Waals surface area contributed by atoms with Crippen LogP contribution >= 0.6 is 0 Å². The van der Waals surface area contributed by atoms with E-state index in [0.717, 1.165) is 69.2 Å². The number of pyridine rings is 1. The Morgan fingerprint density at radius 2 is 2.18 bits per heavy atom. The number of carbonyl (C=O) groups is 1. The number of carbonyl (C=O) groups excluding carboxylic acids is 1. The number of aromatic nitrogens is 3. The van der Waals surface area contributed by atoms with E-state index in [2.05, 4.69) is 26.3 Å². The van der Waals surface area contributed by atoms with Gasteiger partial charge in [-0.3, -0.25) is 9.69 Å². The molecule has 28 heavy (non-hydrogen) atoms. The molecule has 1 fully saturated rings. The summed E-state index contributed by atoms with van der Waals surface area (Å²) in [7, 11) is 1.91. The number of nitrogens with one attached hydrogen (secondary N) is 1. The lowest BCUT2D eigenvalue weighted by molar-refractivity contribution is -0.132. The van der Waals surface area contributed by atoms with Gasteiger partial charge in [0, 0.05) is 75.8 Å². The fourth-order valence-electron chi connectivity index (χ4n) is 4.29. The van der Waals surface area contributed by atoms with E-state index < -0.39 is 0 Å². The van der Waals surface area contributed by atoms with Crippen LogP contribution in [0.5, 0.6) is 0 Å². The number of anilines is 1. The number of hydrogen-bond acceptors (Lipinski definition) is 6. The van der Waals surface area contributed by atoms with Crippen molar-refractivity contribution in [1.29, 1.82) is 0 Å². The van der Waals surface area contributed by atoms with Crippen molar-refractivity contribution >= 4 is 11.7 Å². The molecule has 2 aliphatic heterocycles. The Hall–Kier alpha value is -2.54. The summed E-state index contributed by atoms with van der Waals surface area (Å²) < 4.78 is 0. The van der Waals surface area contributed by atoms with Crippen LogP contribution in [0, 0.1) is 0 Å². The highest BCUT2D eigenvalue weighted by atomic mass is 16.2. The standard InChI is InChI=1S/C21H28N6O/c1-15(28)27-10-4-3-7-19(27)21-24-12-17-14-26(11-8-18(17)25-21)13-16-6-5-9-23-20(16)22-2/h5-6,9,12,19H,3-4,7-8,10-11,13-14H2,1-2H3,(H,22,23). The summed E-state index contributed by atoms with van der Waals surface area (Å²) in [6.45, 7) is 5.11. The molecule has 0 aliphatic carbocycles. The summed E-state index contributed by atoms with van der Waals surface area (Å²) in [5.74, 6) is 1.86. The van der Waals surface area contributed by atoms with E-state index in [9.17, 15) is 4.79 Å². The van der Waals surface area contributed by atoms with Crippen molar-refractivity contribution in [3.05, 3.63) is 47.2 Å². The summed E-state index contributed by atoms with van der Waals surface area (Å²) in [4.78, 5) is 30.3. The van der Waals surface area contributed by atoms with Gasteiger partial charge in [-0.1, -0.05) is 6.07 Å². The minimum atomic E-state index is 0.0307. The Kier molecular flexibility index (Phi) is 5.52. The van der Waals surface area contributed by atoms with Gasteiger partial charge in [-0.25, -0.2) is 15.0 Å². The maximum Gasteiger partial charge on any atom is 0.220 e. The van der Waals surface area contributed by atoms with Crippen LogP contribution < -0.4 is 5.32 Å². The Morgan fingerprint density at radius 3 is 3.00 bits per heavy atom. The second kappa shape index (κ2) is 8.22. The Labute approximate surface area is 166 Å². The molecular formula is C21H28N6O. The Morgan fingerprint density at radius 1 is 1.29 bits per heavy atom. The molecule has 0 spiro atoms. The van der Waals surface area contributed by atoms with Gasteiger partial charge in [-0.05, 0) is 25.3 Å². The van der Waals surface area contributed by atoms with Crippen LogP contribution in [0.4, 0.5) is 5.82 Å². The van der Waals surface area contributed by atoms with E-state index in [4.69, 9.17) is 4.98 Å². The third-order valence-corrected chi connectivity index (χ3v) is 5.76. The molecule has 1 saturated heterocycles. The zero-order valence-corrected chi connectivity index (χ0v) is 16.7.